The summed E-state index contributed by atoms with van der Waals surface area (Å²) in [6.07, 6.45) is 7.68. The van der Waals surface area contributed by atoms with Crippen LogP contribution in [-0.4, -0.2) is 30.5 Å². The molecule has 7 nitrogen and oxygen atoms in total. The summed E-state index contributed by atoms with van der Waals surface area (Å²) >= 11 is 2.95. The number of hydrogen-bond acceptors (Lipinski definition) is 7. The molecule has 39 heavy (non-hydrogen) atoms. The van der Waals surface area contributed by atoms with Crippen molar-refractivity contribution in [2.24, 2.45) is 0 Å². The molecule has 0 amide bonds. The first-order chi connectivity index (χ1) is 18.9. The number of fused-ring (bicyclic) bond motifs is 1. The second-order valence-corrected chi connectivity index (χ2v) is 11.3. The van der Waals surface area contributed by atoms with Crippen LogP contribution in [0.5, 0.6) is 5.75 Å². The molecular weight excluding hydrogens is 526 g/mol. The number of ether oxygens (including phenoxy) is 1. The van der Waals surface area contributed by atoms with Crippen molar-refractivity contribution in [3.8, 4) is 22.7 Å². The summed E-state index contributed by atoms with van der Waals surface area (Å²) in [4.78, 5) is 19.5. The van der Waals surface area contributed by atoms with Crippen LogP contribution in [0.4, 0.5) is 0 Å². The van der Waals surface area contributed by atoms with Crippen molar-refractivity contribution in [3.63, 3.8) is 0 Å². The monoisotopic (exact) mass is 551 g/mol. The highest BCUT2D eigenvalue weighted by Gasteiger charge is 2.15. The average Bonchev–Trinajstić information content (AvgIpc) is 3.72. The molecule has 6 rings (SSSR count). The number of benzene rings is 2. The lowest BCUT2D eigenvalue weighted by atomic mass is 10.0. The fourth-order valence-corrected chi connectivity index (χ4v) is 5.74. The third kappa shape index (κ3) is 5.19. The fraction of sp³-hybridized carbons (Fsp3) is 0.133. The third-order valence-corrected chi connectivity index (χ3v) is 7.80. The van der Waals surface area contributed by atoms with Crippen molar-refractivity contribution in [1.29, 1.82) is 0 Å². The van der Waals surface area contributed by atoms with Crippen LogP contribution in [-0.2, 0) is 0 Å². The molecule has 0 fully saturated rings. The summed E-state index contributed by atoms with van der Waals surface area (Å²) in [7, 11) is 0. The second kappa shape index (κ2) is 10.4. The first-order valence-corrected chi connectivity index (χ1v) is 14.2. The van der Waals surface area contributed by atoms with Gasteiger partial charge < -0.3 is 4.74 Å². The molecule has 4 aromatic heterocycles. The van der Waals surface area contributed by atoms with Crippen molar-refractivity contribution in [3.05, 3.63) is 109 Å². The Labute approximate surface area is 233 Å². The summed E-state index contributed by atoms with van der Waals surface area (Å²) in [5.41, 5.74) is 4.30. The standard InChI is InChI=1S/C30H25N5O2S2/c1-19(2)37-25-13-11-21(16-20(25)3)28-22(18-34(33-28)23-8-5-4-6-9-23)17-26-29(36)35-30(39-26)31-27(32-35)14-12-24-10-7-15-38-24/h4-19H,1-3H3/b14-12+,26-17-. The first-order valence-electron chi connectivity index (χ1n) is 12.5. The molecule has 9 heteroatoms. The number of aromatic nitrogens is 5. The number of rotatable bonds is 7. The minimum absolute atomic E-state index is 0.0873. The van der Waals surface area contributed by atoms with Crippen LogP contribution < -0.4 is 14.8 Å². The van der Waals surface area contributed by atoms with Gasteiger partial charge in [-0.3, -0.25) is 4.79 Å². The van der Waals surface area contributed by atoms with E-state index in [1.807, 2.05) is 110 Å². The molecule has 0 radical (unpaired) electrons. The molecule has 0 saturated carbocycles. The van der Waals surface area contributed by atoms with Gasteiger partial charge in [0.15, 0.2) is 5.82 Å². The van der Waals surface area contributed by atoms with Gasteiger partial charge in [0, 0.05) is 22.2 Å². The van der Waals surface area contributed by atoms with Crippen molar-refractivity contribution >= 4 is 45.9 Å². The van der Waals surface area contributed by atoms with Gasteiger partial charge in [0.1, 0.15) is 11.4 Å². The number of nitrogens with zero attached hydrogens (tertiary/aromatic N) is 5. The molecule has 0 saturated heterocycles. The van der Waals surface area contributed by atoms with Gasteiger partial charge in [-0.1, -0.05) is 35.6 Å². The molecular formula is C30H25N5O2S2. The van der Waals surface area contributed by atoms with Crippen molar-refractivity contribution in [2.75, 3.05) is 0 Å². The second-order valence-electron chi connectivity index (χ2n) is 9.29. The number of thiazole rings is 1. The van der Waals surface area contributed by atoms with Gasteiger partial charge in [-0.25, -0.2) is 4.68 Å². The van der Waals surface area contributed by atoms with E-state index >= 15 is 0 Å². The average molecular weight is 552 g/mol. The predicted octanol–water partition coefficient (Wildman–Crippen LogP) is 5.88. The molecule has 0 N–H and O–H groups in total. The maximum Gasteiger partial charge on any atom is 0.291 e. The molecule has 6 aromatic rings. The Morgan fingerprint density at radius 2 is 1.85 bits per heavy atom. The Morgan fingerprint density at radius 1 is 1.00 bits per heavy atom. The maximum absolute atomic E-state index is 13.3. The van der Waals surface area contributed by atoms with Crippen LogP contribution >= 0.6 is 22.7 Å². The third-order valence-electron chi connectivity index (χ3n) is 6.00. The molecule has 0 atom stereocenters. The summed E-state index contributed by atoms with van der Waals surface area (Å²) in [6.45, 7) is 6.05. The molecule has 2 aromatic carbocycles. The lowest BCUT2D eigenvalue weighted by Gasteiger charge is -2.13. The number of thiophene rings is 1. The van der Waals surface area contributed by atoms with Gasteiger partial charge in [-0.15, -0.1) is 16.4 Å². The van der Waals surface area contributed by atoms with Gasteiger partial charge in [-0.2, -0.15) is 14.6 Å². The van der Waals surface area contributed by atoms with Crippen LogP contribution in [0.1, 0.15) is 35.7 Å². The lowest BCUT2D eigenvalue weighted by molar-refractivity contribution is 0.241. The van der Waals surface area contributed by atoms with Crippen LogP contribution in [0, 0.1) is 6.92 Å². The number of hydrogen-bond donors (Lipinski definition) is 0. The Kier molecular flexibility index (Phi) is 6.68. The van der Waals surface area contributed by atoms with E-state index in [9.17, 15) is 4.79 Å². The van der Waals surface area contributed by atoms with E-state index in [4.69, 9.17) is 9.84 Å². The van der Waals surface area contributed by atoms with E-state index in [1.54, 1.807) is 11.3 Å². The van der Waals surface area contributed by atoms with Gasteiger partial charge in [0.05, 0.1) is 16.3 Å². The minimum atomic E-state index is -0.200. The van der Waals surface area contributed by atoms with E-state index < -0.39 is 0 Å². The quantitative estimate of drug-likeness (QED) is 0.248. The Hall–Kier alpha value is -4.34. The molecule has 194 valence electrons. The highest BCUT2D eigenvalue weighted by molar-refractivity contribution is 7.15. The van der Waals surface area contributed by atoms with E-state index in [0.29, 0.717) is 15.3 Å². The van der Waals surface area contributed by atoms with Crippen LogP contribution in [0.2, 0.25) is 0 Å². The van der Waals surface area contributed by atoms with E-state index in [0.717, 1.165) is 38.7 Å². The SMILES string of the molecule is Cc1cc(-c2nn(-c3ccccc3)cc2/C=c2\sc3nc(/C=C/c4cccs4)nn3c2=O)ccc1OC(C)C. The molecule has 0 aliphatic heterocycles. The van der Waals surface area contributed by atoms with Crippen molar-refractivity contribution < 1.29 is 4.74 Å². The summed E-state index contributed by atoms with van der Waals surface area (Å²) in [6, 6.07) is 20.0. The Morgan fingerprint density at radius 3 is 2.56 bits per heavy atom. The van der Waals surface area contributed by atoms with Crippen LogP contribution in [0.15, 0.2) is 77.0 Å². The summed E-state index contributed by atoms with van der Waals surface area (Å²) in [5.74, 6) is 1.35. The van der Waals surface area contributed by atoms with Crippen LogP contribution in [0.25, 0.3) is 40.1 Å². The van der Waals surface area contributed by atoms with E-state index in [1.165, 1.54) is 15.9 Å². The fourth-order valence-electron chi connectivity index (χ4n) is 4.22. The normalized spacial score (nSPS) is 12.4. The van der Waals surface area contributed by atoms with E-state index in [-0.39, 0.29) is 11.7 Å². The highest BCUT2D eigenvalue weighted by Crippen LogP contribution is 2.29. The molecule has 0 unspecified atom stereocenters. The zero-order valence-corrected chi connectivity index (χ0v) is 23.2. The van der Waals surface area contributed by atoms with Gasteiger partial charge in [0.2, 0.25) is 4.96 Å². The van der Waals surface area contributed by atoms with Crippen LogP contribution in [0.3, 0.4) is 0 Å². The largest absolute Gasteiger partial charge is 0.491 e. The zero-order chi connectivity index (χ0) is 26.9. The Bertz CT molecular complexity index is 1900. The smallest absolute Gasteiger partial charge is 0.291 e. The maximum atomic E-state index is 13.3. The topological polar surface area (TPSA) is 74.3 Å². The Balaban J connectivity index is 1.43. The van der Waals surface area contributed by atoms with Gasteiger partial charge in [0.25, 0.3) is 5.56 Å². The zero-order valence-electron chi connectivity index (χ0n) is 21.6. The van der Waals surface area contributed by atoms with Gasteiger partial charge >= 0.3 is 0 Å². The molecule has 4 heterocycles. The highest BCUT2D eigenvalue weighted by atomic mass is 32.1. The van der Waals surface area contributed by atoms with Crippen molar-refractivity contribution in [2.45, 2.75) is 26.9 Å². The summed E-state index contributed by atoms with van der Waals surface area (Å²) < 4.78 is 9.68. The van der Waals surface area contributed by atoms with E-state index in [2.05, 4.69) is 16.1 Å². The summed E-state index contributed by atoms with van der Waals surface area (Å²) in [5, 5.41) is 11.3. The van der Waals surface area contributed by atoms with Crippen molar-refractivity contribution in [1.82, 2.24) is 24.4 Å². The first kappa shape index (κ1) is 25.0. The number of aryl methyl sites for hydroxylation is 1. The van der Waals surface area contributed by atoms with Gasteiger partial charge in [-0.05, 0) is 86.3 Å². The molecule has 0 bridgehead atoms. The minimum Gasteiger partial charge on any atom is -0.491 e. The lowest BCUT2D eigenvalue weighted by Crippen LogP contribution is -2.23. The molecule has 0 spiro atoms. The number of para-hydroxylation sites is 1. The predicted molar refractivity (Wildman–Crippen MR) is 159 cm³/mol. The molecule has 0 aliphatic carbocycles. The molecule has 0 aliphatic rings.